The quantitative estimate of drug-likeness (QED) is 0.605. The summed E-state index contributed by atoms with van der Waals surface area (Å²) >= 11 is 0. The van der Waals surface area contributed by atoms with E-state index in [4.69, 9.17) is 10.2 Å². The van der Waals surface area contributed by atoms with Crippen molar-refractivity contribution in [2.24, 2.45) is 5.73 Å². The molecule has 0 saturated heterocycles. The Morgan fingerprint density at radius 1 is 1.03 bits per heavy atom. The van der Waals surface area contributed by atoms with E-state index < -0.39 is 5.91 Å². The lowest BCUT2D eigenvalue weighted by Crippen LogP contribution is -2.33. The Kier molecular flexibility index (Phi) is 6.79. The van der Waals surface area contributed by atoms with Gasteiger partial charge in [-0.15, -0.1) is 0 Å². The Morgan fingerprint density at radius 3 is 2.45 bits per heavy atom. The van der Waals surface area contributed by atoms with Crippen molar-refractivity contribution < 1.29 is 14.0 Å². The first-order valence-corrected chi connectivity index (χ1v) is 9.63. The number of rotatable bonds is 9. The van der Waals surface area contributed by atoms with Gasteiger partial charge in [0.15, 0.2) is 11.7 Å². The van der Waals surface area contributed by atoms with Crippen LogP contribution in [0, 0.1) is 6.92 Å². The van der Waals surface area contributed by atoms with Gasteiger partial charge in [-0.2, -0.15) is 0 Å². The third-order valence-corrected chi connectivity index (χ3v) is 4.64. The van der Waals surface area contributed by atoms with Gasteiger partial charge in [0, 0.05) is 37.9 Å². The first-order chi connectivity index (χ1) is 14.0. The molecule has 0 atom stereocenters. The van der Waals surface area contributed by atoms with E-state index in [2.05, 4.69) is 4.98 Å². The van der Waals surface area contributed by atoms with E-state index >= 15 is 0 Å². The molecule has 3 aromatic rings. The summed E-state index contributed by atoms with van der Waals surface area (Å²) in [6.07, 6.45) is 2.46. The van der Waals surface area contributed by atoms with Crippen LogP contribution in [0.5, 0.6) is 0 Å². The van der Waals surface area contributed by atoms with Crippen LogP contribution in [-0.2, 0) is 22.6 Å². The van der Waals surface area contributed by atoms with Crippen molar-refractivity contribution in [2.75, 3.05) is 6.54 Å². The Labute approximate surface area is 170 Å². The first-order valence-electron chi connectivity index (χ1n) is 9.63. The van der Waals surface area contributed by atoms with Gasteiger partial charge in [0.05, 0.1) is 6.20 Å². The van der Waals surface area contributed by atoms with E-state index in [1.165, 1.54) is 5.56 Å². The number of nitrogens with two attached hydrogens (primary N) is 1. The molecule has 150 valence electrons. The summed E-state index contributed by atoms with van der Waals surface area (Å²) in [6, 6.07) is 17.7. The van der Waals surface area contributed by atoms with Gasteiger partial charge in [-0.25, -0.2) is 4.98 Å². The zero-order valence-electron chi connectivity index (χ0n) is 16.5. The van der Waals surface area contributed by atoms with Crippen LogP contribution in [0.3, 0.4) is 0 Å². The van der Waals surface area contributed by atoms with E-state index in [-0.39, 0.29) is 18.7 Å². The molecule has 2 N–H and O–H groups in total. The van der Waals surface area contributed by atoms with Crippen molar-refractivity contribution in [3.63, 3.8) is 0 Å². The van der Waals surface area contributed by atoms with E-state index in [1.807, 2.05) is 61.5 Å². The van der Waals surface area contributed by atoms with Gasteiger partial charge in [-0.1, -0.05) is 60.2 Å². The maximum Gasteiger partial charge on any atom is 0.223 e. The molecule has 0 spiro atoms. The lowest BCUT2D eigenvalue weighted by Gasteiger charge is -2.22. The topological polar surface area (TPSA) is 89.4 Å². The predicted molar refractivity (Wildman–Crippen MR) is 111 cm³/mol. The van der Waals surface area contributed by atoms with E-state index in [9.17, 15) is 9.59 Å². The molecule has 0 fully saturated rings. The molecule has 3 rings (SSSR count). The van der Waals surface area contributed by atoms with Crippen LogP contribution in [0.15, 0.2) is 65.2 Å². The number of aromatic nitrogens is 1. The summed E-state index contributed by atoms with van der Waals surface area (Å²) in [5, 5.41) is 0. The van der Waals surface area contributed by atoms with Crippen LogP contribution < -0.4 is 5.73 Å². The molecule has 0 unspecified atom stereocenters. The number of nitrogens with zero attached hydrogens (tertiary/aromatic N) is 2. The molecule has 6 heteroatoms. The number of hydrogen-bond acceptors (Lipinski definition) is 4. The van der Waals surface area contributed by atoms with Crippen LogP contribution in [0.1, 0.15) is 29.9 Å². The minimum Gasteiger partial charge on any atom is -0.441 e. The molecule has 29 heavy (non-hydrogen) atoms. The SMILES string of the molecule is Cc1ccc(-c2cnc(CCC(=O)N(CCC(N)=O)Cc3ccccc3)o2)cc1. The Balaban J connectivity index is 1.61. The molecule has 0 bridgehead atoms. The maximum atomic E-state index is 12.8. The fourth-order valence-corrected chi connectivity index (χ4v) is 2.99. The smallest absolute Gasteiger partial charge is 0.223 e. The van der Waals surface area contributed by atoms with Crippen LogP contribution in [0.4, 0.5) is 0 Å². The molecular weight excluding hydrogens is 366 g/mol. The molecule has 0 radical (unpaired) electrons. The largest absolute Gasteiger partial charge is 0.441 e. The minimum atomic E-state index is -0.425. The third-order valence-electron chi connectivity index (χ3n) is 4.64. The summed E-state index contributed by atoms with van der Waals surface area (Å²) < 4.78 is 5.80. The van der Waals surface area contributed by atoms with Crippen LogP contribution in [-0.4, -0.2) is 28.2 Å². The molecule has 2 amide bonds. The fourth-order valence-electron chi connectivity index (χ4n) is 2.99. The second-order valence-electron chi connectivity index (χ2n) is 7.00. The number of hydrogen-bond donors (Lipinski definition) is 1. The standard InChI is InChI=1S/C23H25N3O3/c1-17-7-9-19(10-8-17)20-15-25-22(29-20)11-12-23(28)26(14-13-21(24)27)16-18-5-3-2-4-6-18/h2-10,15H,11-14,16H2,1H3,(H2,24,27). The first kappa shape index (κ1) is 20.3. The number of carbonyl (C=O) groups is 2. The molecule has 0 aliphatic rings. The van der Waals surface area contributed by atoms with Crippen LogP contribution >= 0.6 is 0 Å². The number of aryl methyl sites for hydroxylation is 2. The Morgan fingerprint density at radius 2 is 1.76 bits per heavy atom. The average molecular weight is 391 g/mol. The number of primary amides is 1. The zero-order chi connectivity index (χ0) is 20.6. The van der Waals surface area contributed by atoms with Gasteiger partial charge in [-0.05, 0) is 12.5 Å². The van der Waals surface area contributed by atoms with Crippen molar-refractivity contribution in [3.05, 3.63) is 77.8 Å². The summed E-state index contributed by atoms with van der Waals surface area (Å²) in [7, 11) is 0. The minimum absolute atomic E-state index is 0.0646. The van der Waals surface area contributed by atoms with Gasteiger partial charge in [-0.3, -0.25) is 9.59 Å². The van der Waals surface area contributed by atoms with Crippen LogP contribution in [0.2, 0.25) is 0 Å². The molecule has 0 aliphatic heterocycles. The maximum absolute atomic E-state index is 12.8. The van der Waals surface area contributed by atoms with Gasteiger partial charge in [0.2, 0.25) is 11.8 Å². The molecule has 0 aliphatic carbocycles. The van der Waals surface area contributed by atoms with Crippen molar-refractivity contribution in [1.29, 1.82) is 0 Å². The van der Waals surface area contributed by atoms with Gasteiger partial charge in [0.1, 0.15) is 0 Å². The lowest BCUT2D eigenvalue weighted by molar-refractivity contribution is -0.132. The Hall–Kier alpha value is -3.41. The lowest BCUT2D eigenvalue weighted by atomic mass is 10.1. The van der Waals surface area contributed by atoms with Gasteiger partial charge >= 0.3 is 0 Å². The molecule has 1 aromatic heterocycles. The van der Waals surface area contributed by atoms with Crippen molar-refractivity contribution in [3.8, 4) is 11.3 Å². The van der Waals surface area contributed by atoms with E-state index in [1.54, 1.807) is 11.1 Å². The number of amides is 2. The highest BCUT2D eigenvalue weighted by molar-refractivity contribution is 5.78. The number of carbonyl (C=O) groups excluding carboxylic acids is 2. The predicted octanol–water partition coefficient (Wildman–Crippen LogP) is 3.49. The third kappa shape index (κ3) is 6.04. The normalized spacial score (nSPS) is 10.7. The molecule has 6 nitrogen and oxygen atoms in total. The highest BCUT2D eigenvalue weighted by Gasteiger charge is 2.16. The second kappa shape index (κ2) is 9.68. The van der Waals surface area contributed by atoms with E-state index in [0.29, 0.717) is 31.2 Å². The highest BCUT2D eigenvalue weighted by Crippen LogP contribution is 2.21. The fraction of sp³-hybridized carbons (Fsp3) is 0.261. The number of benzene rings is 2. The van der Waals surface area contributed by atoms with Crippen molar-refractivity contribution in [2.45, 2.75) is 32.7 Å². The highest BCUT2D eigenvalue weighted by atomic mass is 16.4. The molecule has 0 saturated carbocycles. The summed E-state index contributed by atoms with van der Waals surface area (Å²) in [5.41, 5.74) is 8.39. The van der Waals surface area contributed by atoms with Crippen molar-refractivity contribution >= 4 is 11.8 Å². The molecule has 1 heterocycles. The average Bonchev–Trinajstić information content (AvgIpc) is 3.19. The molecule has 2 aromatic carbocycles. The van der Waals surface area contributed by atoms with E-state index in [0.717, 1.165) is 11.1 Å². The van der Waals surface area contributed by atoms with Crippen molar-refractivity contribution in [1.82, 2.24) is 9.88 Å². The second-order valence-corrected chi connectivity index (χ2v) is 7.00. The summed E-state index contributed by atoms with van der Waals surface area (Å²) in [4.78, 5) is 29.9. The monoisotopic (exact) mass is 391 g/mol. The van der Waals surface area contributed by atoms with Crippen LogP contribution in [0.25, 0.3) is 11.3 Å². The van der Waals surface area contributed by atoms with Gasteiger partial charge in [0.25, 0.3) is 0 Å². The zero-order valence-corrected chi connectivity index (χ0v) is 16.5. The molecular formula is C23H25N3O3. The summed E-state index contributed by atoms with van der Waals surface area (Å²) in [6.45, 7) is 2.76. The van der Waals surface area contributed by atoms with Gasteiger partial charge < -0.3 is 15.1 Å². The number of oxazole rings is 1. The Bertz CT molecular complexity index is 949. The summed E-state index contributed by atoms with van der Waals surface area (Å²) in [5.74, 6) is 0.710.